The maximum absolute atomic E-state index is 12.6. The number of carbonyl (C=O) groups is 1. The van der Waals surface area contributed by atoms with E-state index in [9.17, 15) is 4.79 Å². The Morgan fingerprint density at radius 2 is 2.32 bits per heavy atom. The number of rotatable bonds is 5. The van der Waals surface area contributed by atoms with Crippen LogP contribution < -0.4 is 5.73 Å². The molecule has 6 nitrogen and oxygen atoms in total. The molecule has 6 heteroatoms. The molecule has 1 aromatic heterocycles. The number of hydrogen-bond acceptors (Lipinski definition) is 4. The molecule has 0 aromatic carbocycles. The Morgan fingerprint density at radius 1 is 1.63 bits per heavy atom. The van der Waals surface area contributed by atoms with Crippen molar-refractivity contribution in [3.8, 4) is 6.07 Å². The molecule has 1 saturated carbocycles. The Labute approximate surface area is 112 Å². The molecule has 1 aliphatic rings. The predicted molar refractivity (Wildman–Crippen MR) is 71.3 cm³/mol. The van der Waals surface area contributed by atoms with E-state index in [1.807, 2.05) is 6.92 Å². The summed E-state index contributed by atoms with van der Waals surface area (Å²) in [6.07, 6.45) is 2.37. The molecular formula is C13H19N5O. The number of nitrogen functional groups attached to an aromatic ring is 1. The van der Waals surface area contributed by atoms with Crippen molar-refractivity contribution in [1.29, 1.82) is 5.26 Å². The highest BCUT2D eigenvalue weighted by Gasteiger charge is 2.35. The Kier molecular flexibility index (Phi) is 3.74. The molecule has 1 aliphatic carbocycles. The van der Waals surface area contributed by atoms with Crippen LogP contribution in [0, 0.1) is 18.3 Å². The van der Waals surface area contributed by atoms with Gasteiger partial charge >= 0.3 is 0 Å². The number of amides is 1. The highest BCUT2D eigenvalue weighted by molar-refractivity contribution is 5.98. The molecule has 0 bridgehead atoms. The van der Waals surface area contributed by atoms with Gasteiger partial charge in [-0.3, -0.25) is 9.48 Å². The van der Waals surface area contributed by atoms with Gasteiger partial charge in [-0.15, -0.1) is 0 Å². The van der Waals surface area contributed by atoms with Gasteiger partial charge in [0.1, 0.15) is 5.69 Å². The summed E-state index contributed by atoms with van der Waals surface area (Å²) in [6, 6.07) is 2.35. The van der Waals surface area contributed by atoms with Crippen molar-refractivity contribution >= 4 is 11.6 Å². The fourth-order valence-electron chi connectivity index (χ4n) is 2.19. The van der Waals surface area contributed by atoms with Crippen LogP contribution in [0.2, 0.25) is 0 Å². The molecule has 2 N–H and O–H groups in total. The van der Waals surface area contributed by atoms with Gasteiger partial charge in [-0.1, -0.05) is 0 Å². The molecule has 0 spiro atoms. The SMILES string of the molecule is CCn1nc(C)c(N)c1C(=O)N(CCC#N)C1CC1. The van der Waals surface area contributed by atoms with Crippen molar-refractivity contribution in [2.75, 3.05) is 12.3 Å². The van der Waals surface area contributed by atoms with E-state index in [0.717, 1.165) is 12.8 Å². The van der Waals surface area contributed by atoms with Crippen molar-refractivity contribution < 1.29 is 4.79 Å². The zero-order chi connectivity index (χ0) is 14.0. The van der Waals surface area contributed by atoms with Gasteiger partial charge in [-0.05, 0) is 26.7 Å². The summed E-state index contributed by atoms with van der Waals surface area (Å²) in [7, 11) is 0. The summed E-state index contributed by atoms with van der Waals surface area (Å²) in [5.74, 6) is -0.0994. The lowest BCUT2D eigenvalue weighted by molar-refractivity contribution is 0.0735. The van der Waals surface area contributed by atoms with Gasteiger partial charge in [0.2, 0.25) is 0 Å². The lowest BCUT2D eigenvalue weighted by atomic mass is 10.2. The van der Waals surface area contributed by atoms with E-state index in [2.05, 4.69) is 11.2 Å². The average molecular weight is 261 g/mol. The number of nitrogens with zero attached hydrogens (tertiary/aromatic N) is 4. The molecule has 2 rings (SSSR count). The third kappa shape index (κ3) is 2.55. The van der Waals surface area contributed by atoms with Crippen LogP contribution in [0.25, 0.3) is 0 Å². The van der Waals surface area contributed by atoms with Crippen molar-refractivity contribution in [2.24, 2.45) is 0 Å². The van der Waals surface area contributed by atoms with Gasteiger partial charge in [-0.2, -0.15) is 10.4 Å². The minimum absolute atomic E-state index is 0.0994. The van der Waals surface area contributed by atoms with Crippen LogP contribution in [0.4, 0.5) is 5.69 Å². The minimum atomic E-state index is -0.0994. The number of aromatic nitrogens is 2. The first-order chi connectivity index (χ1) is 9.10. The lowest BCUT2D eigenvalue weighted by Crippen LogP contribution is -2.35. The number of carbonyl (C=O) groups excluding carboxylic acids is 1. The van der Waals surface area contributed by atoms with Gasteiger partial charge in [0.15, 0.2) is 0 Å². The third-order valence-electron chi connectivity index (χ3n) is 3.39. The first-order valence-corrected chi connectivity index (χ1v) is 6.61. The molecule has 19 heavy (non-hydrogen) atoms. The van der Waals surface area contributed by atoms with Crippen molar-refractivity contribution in [2.45, 2.75) is 45.7 Å². The van der Waals surface area contributed by atoms with Crippen LogP contribution in [0.5, 0.6) is 0 Å². The summed E-state index contributed by atoms with van der Waals surface area (Å²) < 4.78 is 1.65. The van der Waals surface area contributed by atoms with Crippen molar-refractivity contribution in [3.05, 3.63) is 11.4 Å². The molecule has 0 aliphatic heterocycles. The first-order valence-electron chi connectivity index (χ1n) is 6.61. The average Bonchev–Trinajstić information content (AvgIpc) is 3.18. The van der Waals surface area contributed by atoms with Gasteiger partial charge < -0.3 is 10.6 Å². The van der Waals surface area contributed by atoms with Gasteiger partial charge in [-0.25, -0.2) is 0 Å². The van der Waals surface area contributed by atoms with E-state index in [1.165, 1.54) is 0 Å². The van der Waals surface area contributed by atoms with Gasteiger partial charge in [0, 0.05) is 19.1 Å². The summed E-state index contributed by atoms with van der Waals surface area (Å²) >= 11 is 0. The predicted octanol–water partition coefficient (Wildman–Crippen LogP) is 1.31. The topological polar surface area (TPSA) is 87.9 Å². The summed E-state index contributed by atoms with van der Waals surface area (Å²) in [6.45, 7) is 4.80. The third-order valence-corrected chi connectivity index (χ3v) is 3.39. The van der Waals surface area contributed by atoms with Crippen LogP contribution in [-0.2, 0) is 6.54 Å². The molecule has 1 amide bonds. The Balaban J connectivity index is 2.28. The quantitative estimate of drug-likeness (QED) is 0.865. The normalized spacial score (nSPS) is 14.2. The fraction of sp³-hybridized carbons (Fsp3) is 0.615. The van der Waals surface area contributed by atoms with Gasteiger partial charge in [0.05, 0.1) is 23.9 Å². The second-order valence-electron chi connectivity index (χ2n) is 4.80. The molecule has 0 atom stereocenters. The molecule has 0 unspecified atom stereocenters. The van der Waals surface area contributed by atoms with Crippen LogP contribution in [-0.4, -0.2) is 33.2 Å². The van der Waals surface area contributed by atoms with E-state index in [4.69, 9.17) is 11.0 Å². The molecule has 102 valence electrons. The standard InChI is InChI=1S/C13H19N5O/c1-3-18-12(11(15)9(2)16-18)13(19)17(8-4-7-14)10-5-6-10/h10H,3-6,8,15H2,1-2H3. The van der Waals surface area contributed by atoms with E-state index in [-0.39, 0.29) is 11.9 Å². The highest BCUT2D eigenvalue weighted by atomic mass is 16.2. The maximum Gasteiger partial charge on any atom is 0.274 e. The molecule has 0 saturated heterocycles. The Hall–Kier alpha value is -2.03. The number of nitrogens with two attached hydrogens (primary N) is 1. The Bertz CT molecular complexity index is 524. The highest BCUT2D eigenvalue weighted by Crippen LogP contribution is 2.30. The molecule has 0 radical (unpaired) electrons. The largest absolute Gasteiger partial charge is 0.395 e. The zero-order valence-corrected chi connectivity index (χ0v) is 11.4. The minimum Gasteiger partial charge on any atom is -0.395 e. The first kappa shape index (κ1) is 13.4. The van der Waals surface area contributed by atoms with Crippen LogP contribution in [0.15, 0.2) is 0 Å². The van der Waals surface area contributed by atoms with E-state index in [1.54, 1.807) is 16.5 Å². The van der Waals surface area contributed by atoms with Gasteiger partial charge in [0.25, 0.3) is 5.91 Å². The van der Waals surface area contributed by atoms with Crippen LogP contribution in [0.3, 0.4) is 0 Å². The second kappa shape index (κ2) is 5.31. The smallest absolute Gasteiger partial charge is 0.274 e. The van der Waals surface area contributed by atoms with E-state index < -0.39 is 0 Å². The number of nitriles is 1. The summed E-state index contributed by atoms with van der Waals surface area (Å²) in [4.78, 5) is 14.4. The number of aryl methyl sites for hydroxylation is 2. The lowest BCUT2D eigenvalue weighted by Gasteiger charge is -2.21. The fourth-order valence-corrected chi connectivity index (χ4v) is 2.19. The molecule has 1 heterocycles. The summed E-state index contributed by atoms with van der Waals surface area (Å²) in [5, 5.41) is 13.0. The maximum atomic E-state index is 12.6. The van der Waals surface area contributed by atoms with E-state index in [0.29, 0.717) is 36.6 Å². The second-order valence-corrected chi connectivity index (χ2v) is 4.80. The number of anilines is 1. The Morgan fingerprint density at radius 3 is 2.84 bits per heavy atom. The molecular weight excluding hydrogens is 242 g/mol. The van der Waals surface area contributed by atoms with Crippen molar-refractivity contribution in [3.63, 3.8) is 0 Å². The zero-order valence-electron chi connectivity index (χ0n) is 11.4. The van der Waals surface area contributed by atoms with Crippen LogP contribution in [0.1, 0.15) is 42.4 Å². The number of hydrogen-bond donors (Lipinski definition) is 1. The monoisotopic (exact) mass is 261 g/mol. The molecule has 1 fully saturated rings. The van der Waals surface area contributed by atoms with Crippen LogP contribution >= 0.6 is 0 Å². The molecule has 1 aromatic rings. The van der Waals surface area contributed by atoms with E-state index >= 15 is 0 Å². The summed E-state index contributed by atoms with van der Waals surface area (Å²) in [5.41, 5.74) is 7.57. The van der Waals surface area contributed by atoms with Crippen molar-refractivity contribution in [1.82, 2.24) is 14.7 Å².